The van der Waals surface area contributed by atoms with Gasteiger partial charge in [0.25, 0.3) is 0 Å². The van der Waals surface area contributed by atoms with Gasteiger partial charge in [0.2, 0.25) is 0 Å². The molecule has 24 heavy (non-hydrogen) atoms. The molecule has 4 rings (SSSR count). The molecule has 118 valence electrons. The Morgan fingerprint density at radius 1 is 1.00 bits per heavy atom. The van der Waals surface area contributed by atoms with Crippen molar-refractivity contribution < 1.29 is 0 Å². The zero-order valence-corrected chi connectivity index (χ0v) is 14.6. The zero-order valence-electron chi connectivity index (χ0n) is 12.3. The molecule has 0 radical (unpaired) electrons. The molecule has 0 aliphatic carbocycles. The van der Waals surface area contributed by atoms with Gasteiger partial charge in [0.05, 0.1) is 28.1 Å². The van der Waals surface area contributed by atoms with Crippen molar-refractivity contribution in [1.82, 2.24) is 20.2 Å². The maximum absolute atomic E-state index is 6.37. The summed E-state index contributed by atoms with van der Waals surface area (Å²) >= 11 is 9.73. The lowest BCUT2D eigenvalue weighted by Gasteiger charge is -2.11. The number of nitrogen functional groups attached to an aromatic ring is 1. The molecule has 0 aliphatic rings. The molecular formula is C17H11BrClN5. The number of hydrogen-bond acceptors (Lipinski definition) is 4. The third-order valence-electron chi connectivity index (χ3n) is 3.70. The molecule has 0 amide bonds. The highest BCUT2D eigenvalue weighted by Crippen LogP contribution is 2.35. The van der Waals surface area contributed by atoms with Crippen molar-refractivity contribution in [2.45, 2.75) is 0 Å². The fourth-order valence-electron chi connectivity index (χ4n) is 2.58. The maximum atomic E-state index is 6.37. The summed E-state index contributed by atoms with van der Waals surface area (Å²) in [5, 5.41) is 8.41. The standard InChI is InChI=1S/C17H11BrClN5/c18-16-17(20)23-14(9-4-2-1-3-5-9)15(22-16)10-6-11-8-21-24-13(11)12(19)7-10/h1-8H,(H2,20,23)(H,21,24). The number of fused-ring (bicyclic) bond motifs is 1. The van der Waals surface area contributed by atoms with Crippen LogP contribution in [0.3, 0.4) is 0 Å². The summed E-state index contributed by atoms with van der Waals surface area (Å²) in [6.45, 7) is 0. The van der Waals surface area contributed by atoms with Crippen molar-refractivity contribution in [3.63, 3.8) is 0 Å². The second kappa shape index (κ2) is 5.89. The van der Waals surface area contributed by atoms with Crippen LogP contribution in [-0.4, -0.2) is 20.2 Å². The van der Waals surface area contributed by atoms with Gasteiger partial charge in [0.15, 0.2) is 5.82 Å². The first kappa shape index (κ1) is 15.1. The first-order valence-corrected chi connectivity index (χ1v) is 8.32. The van der Waals surface area contributed by atoms with Crippen LogP contribution in [0, 0.1) is 0 Å². The predicted octanol–water partition coefficient (Wildman–Crippen LogP) is 4.69. The molecule has 3 N–H and O–H groups in total. The zero-order chi connectivity index (χ0) is 16.7. The van der Waals surface area contributed by atoms with Crippen LogP contribution in [0.1, 0.15) is 0 Å². The van der Waals surface area contributed by atoms with E-state index >= 15 is 0 Å². The Balaban J connectivity index is 2.01. The summed E-state index contributed by atoms with van der Waals surface area (Å²) in [5.74, 6) is 0.341. The molecule has 0 spiro atoms. The molecule has 2 aromatic carbocycles. The molecule has 0 saturated heterocycles. The van der Waals surface area contributed by atoms with Crippen LogP contribution < -0.4 is 5.73 Å². The molecule has 7 heteroatoms. The van der Waals surface area contributed by atoms with E-state index in [1.54, 1.807) is 6.20 Å². The van der Waals surface area contributed by atoms with Crippen molar-refractivity contribution in [1.29, 1.82) is 0 Å². The lowest BCUT2D eigenvalue weighted by molar-refractivity contribution is 1.12. The molecule has 0 fully saturated rings. The molecule has 0 aliphatic heterocycles. The Morgan fingerprint density at radius 2 is 1.75 bits per heavy atom. The number of aromatic nitrogens is 4. The minimum Gasteiger partial charge on any atom is -0.381 e. The minimum atomic E-state index is 0.341. The fraction of sp³-hybridized carbons (Fsp3) is 0. The monoisotopic (exact) mass is 399 g/mol. The minimum absolute atomic E-state index is 0.341. The van der Waals surface area contributed by atoms with Gasteiger partial charge >= 0.3 is 0 Å². The van der Waals surface area contributed by atoms with E-state index in [1.807, 2.05) is 42.5 Å². The summed E-state index contributed by atoms with van der Waals surface area (Å²) in [7, 11) is 0. The Hall–Kier alpha value is -2.44. The predicted molar refractivity (Wildman–Crippen MR) is 99.7 cm³/mol. The maximum Gasteiger partial charge on any atom is 0.157 e. The summed E-state index contributed by atoms with van der Waals surface area (Å²) < 4.78 is 0.501. The summed E-state index contributed by atoms with van der Waals surface area (Å²) in [6, 6.07) is 13.6. The average Bonchev–Trinajstić information content (AvgIpc) is 3.07. The Bertz CT molecular complexity index is 1050. The molecule has 0 atom stereocenters. The number of anilines is 1. The number of benzene rings is 2. The van der Waals surface area contributed by atoms with Crippen LogP contribution in [0.2, 0.25) is 5.02 Å². The Morgan fingerprint density at radius 3 is 2.54 bits per heavy atom. The first-order valence-electron chi connectivity index (χ1n) is 7.15. The van der Waals surface area contributed by atoms with E-state index in [0.717, 1.165) is 22.0 Å². The molecule has 2 heterocycles. The third-order valence-corrected chi connectivity index (χ3v) is 4.58. The number of rotatable bonds is 2. The van der Waals surface area contributed by atoms with Crippen LogP contribution in [0.4, 0.5) is 5.82 Å². The van der Waals surface area contributed by atoms with Gasteiger partial charge in [0, 0.05) is 16.5 Å². The van der Waals surface area contributed by atoms with Crippen molar-refractivity contribution >= 4 is 44.3 Å². The van der Waals surface area contributed by atoms with Gasteiger partial charge in [-0.3, -0.25) is 5.10 Å². The number of aromatic amines is 1. The molecule has 0 bridgehead atoms. The number of nitrogens with one attached hydrogen (secondary N) is 1. The normalized spacial score (nSPS) is 11.1. The van der Waals surface area contributed by atoms with Gasteiger partial charge in [-0.2, -0.15) is 5.10 Å². The van der Waals surface area contributed by atoms with Crippen molar-refractivity contribution in [2.75, 3.05) is 5.73 Å². The molecule has 5 nitrogen and oxygen atoms in total. The van der Waals surface area contributed by atoms with Crippen LogP contribution >= 0.6 is 27.5 Å². The topological polar surface area (TPSA) is 80.5 Å². The quantitative estimate of drug-likeness (QED) is 0.512. The van der Waals surface area contributed by atoms with Gasteiger partial charge in [-0.15, -0.1) is 0 Å². The van der Waals surface area contributed by atoms with Crippen molar-refractivity contribution in [2.24, 2.45) is 0 Å². The molecular weight excluding hydrogens is 390 g/mol. The second-order valence-corrected chi connectivity index (χ2v) is 6.41. The Kier molecular flexibility index (Phi) is 3.70. The SMILES string of the molecule is Nc1nc(-c2ccccc2)c(-c2cc(Cl)c3[nH]ncc3c2)nc1Br. The number of hydrogen-bond donors (Lipinski definition) is 2. The first-order chi connectivity index (χ1) is 11.6. The second-order valence-electron chi connectivity index (χ2n) is 5.26. The summed E-state index contributed by atoms with van der Waals surface area (Å²) in [4.78, 5) is 9.11. The Labute approximate surface area is 151 Å². The van der Waals surface area contributed by atoms with Crippen molar-refractivity contribution in [3.8, 4) is 22.5 Å². The lowest BCUT2D eigenvalue weighted by Crippen LogP contribution is -2.00. The van der Waals surface area contributed by atoms with E-state index in [-0.39, 0.29) is 0 Å². The number of halogens is 2. The van der Waals surface area contributed by atoms with Crippen LogP contribution in [0.25, 0.3) is 33.4 Å². The fourth-order valence-corrected chi connectivity index (χ4v) is 3.11. The highest BCUT2D eigenvalue weighted by atomic mass is 79.9. The average molecular weight is 401 g/mol. The van der Waals surface area contributed by atoms with Crippen LogP contribution in [0.5, 0.6) is 0 Å². The smallest absolute Gasteiger partial charge is 0.157 e. The van der Waals surface area contributed by atoms with Crippen molar-refractivity contribution in [3.05, 3.63) is 58.3 Å². The number of H-pyrrole nitrogens is 1. The molecule has 2 aromatic heterocycles. The summed E-state index contributed by atoms with van der Waals surface area (Å²) in [6.07, 6.45) is 1.73. The summed E-state index contributed by atoms with van der Waals surface area (Å²) in [5.41, 5.74) is 9.93. The van der Waals surface area contributed by atoms with E-state index < -0.39 is 0 Å². The van der Waals surface area contributed by atoms with Gasteiger partial charge in [-0.05, 0) is 28.1 Å². The molecule has 0 unspecified atom stereocenters. The van der Waals surface area contributed by atoms with Gasteiger partial charge < -0.3 is 5.73 Å². The number of nitrogens with two attached hydrogens (primary N) is 1. The van der Waals surface area contributed by atoms with E-state index in [2.05, 4.69) is 36.1 Å². The van der Waals surface area contributed by atoms with Crippen LogP contribution in [0.15, 0.2) is 53.3 Å². The van der Waals surface area contributed by atoms with Crippen LogP contribution in [-0.2, 0) is 0 Å². The van der Waals surface area contributed by atoms with E-state index in [4.69, 9.17) is 17.3 Å². The van der Waals surface area contributed by atoms with E-state index in [9.17, 15) is 0 Å². The highest BCUT2D eigenvalue weighted by molar-refractivity contribution is 9.10. The largest absolute Gasteiger partial charge is 0.381 e. The number of nitrogens with zero attached hydrogens (tertiary/aromatic N) is 3. The van der Waals surface area contributed by atoms with Gasteiger partial charge in [-0.25, -0.2) is 9.97 Å². The molecule has 4 aromatic rings. The lowest BCUT2D eigenvalue weighted by atomic mass is 10.0. The third kappa shape index (κ3) is 2.53. The van der Waals surface area contributed by atoms with E-state index in [1.165, 1.54) is 0 Å². The van der Waals surface area contributed by atoms with Gasteiger partial charge in [0.1, 0.15) is 4.60 Å². The highest BCUT2D eigenvalue weighted by Gasteiger charge is 2.16. The van der Waals surface area contributed by atoms with Gasteiger partial charge in [-0.1, -0.05) is 41.9 Å². The molecule has 0 saturated carbocycles. The van der Waals surface area contributed by atoms with E-state index in [0.29, 0.717) is 26.8 Å².